The molecule has 1 atom stereocenters. The Morgan fingerprint density at radius 3 is 2.37 bits per heavy atom. The van der Waals surface area contributed by atoms with Crippen LogP contribution in [0, 0.1) is 0 Å². The Morgan fingerprint density at radius 1 is 1.00 bits per heavy atom. The molecule has 1 aliphatic rings. The SMILES string of the molecule is O=C(c1ccc(OC2CCOC2)nc1)N(CCc1ccccc1)Cc1ccccc1. The molecular weight excluding hydrogens is 376 g/mol. The van der Waals surface area contributed by atoms with Gasteiger partial charge in [-0.3, -0.25) is 4.79 Å². The average Bonchev–Trinajstić information content (AvgIpc) is 3.31. The molecule has 4 rings (SSSR count). The molecule has 0 radical (unpaired) electrons. The van der Waals surface area contributed by atoms with E-state index in [0.29, 0.717) is 31.1 Å². The zero-order valence-electron chi connectivity index (χ0n) is 16.9. The van der Waals surface area contributed by atoms with Crippen LogP contribution in [-0.2, 0) is 17.7 Å². The summed E-state index contributed by atoms with van der Waals surface area (Å²) in [4.78, 5) is 19.5. The van der Waals surface area contributed by atoms with E-state index in [2.05, 4.69) is 17.1 Å². The van der Waals surface area contributed by atoms with E-state index >= 15 is 0 Å². The lowest BCUT2D eigenvalue weighted by Crippen LogP contribution is -2.32. The number of hydrogen-bond acceptors (Lipinski definition) is 4. The third-order valence-electron chi connectivity index (χ3n) is 5.18. The fourth-order valence-corrected chi connectivity index (χ4v) is 3.50. The second kappa shape index (κ2) is 10.0. The van der Waals surface area contributed by atoms with E-state index in [0.717, 1.165) is 25.0 Å². The number of benzene rings is 2. The standard InChI is InChI=1S/C25H26N2O3/c28-25(22-11-12-24(26-17-22)30-23-14-16-29-19-23)27(18-21-9-5-2-6-10-21)15-13-20-7-3-1-4-8-20/h1-12,17,23H,13-16,18-19H2. The van der Waals surface area contributed by atoms with E-state index in [9.17, 15) is 4.79 Å². The monoisotopic (exact) mass is 402 g/mol. The van der Waals surface area contributed by atoms with Crippen LogP contribution in [-0.4, -0.2) is 41.7 Å². The molecule has 5 nitrogen and oxygen atoms in total. The van der Waals surface area contributed by atoms with E-state index in [1.165, 1.54) is 5.56 Å². The number of carbonyl (C=O) groups is 1. The smallest absolute Gasteiger partial charge is 0.255 e. The molecule has 1 fully saturated rings. The van der Waals surface area contributed by atoms with Crippen LogP contribution in [0.5, 0.6) is 5.88 Å². The van der Waals surface area contributed by atoms with E-state index in [1.807, 2.05) is 53.4 Å². The van der Waals surface area contributed by atoms with Crippen LogP contribution >= 0.6 is 0 Å². The Bertz CT molecular complexity index is 924. The van der Waals surface area contributed by atoms with Crippen molar-refractivity contribution in [3.05, 3.63) is 95.7 Å². The Labute approximate surface area is 177 Å². The van der Waals surface area contributed by atoms with Gasteiger partial charge in [-0.2, -0.15) is 0 Å². The summed E-state index contributed by atoms with van der Waals surface area (Å²) in [5, 5.41) is 0. The molecule has 3 aromatic rings. The molecule has 1 unspecified atom stereocenters. The molecule has 0 spiro atoms. The zero-order chi connectivity index (χ0) is 20.6. The van der Waals surface area contributed by atoms with Gasteiger partial charge in [-0.15, -0.1) is 0 Å². The number of aromatic nitrogens is 1. The number of ether oxygens (including phenoxy) is 2. The van der Waals surface area contributed by atoms with Gasteiger partial charge in [0.25, 0.3) is 5.91 Å². The van der Waals surface area contributed by atoms with Crippen LogP contribution in [0.4, 0.5) is 0 Å². The van der Waals surface area contributed by atoms with Crippen molar-refractivity contribution in [2.75, 3.05) is 19.8 Å². The minimum Gasteiger partial charge on any atom is -0.472 e. The first kappa shape index (κ1) is 20.1. The number of amides is 1. The van der Waals surface area contributed by atoms with Crippen LogP contribution in [0.15, 0.2) is 79.0 Å². The Hall–Kier alpha value is -3.18. The largest absolute Gasteiger partial charge is 0.472 e. The van der Waals surface area contributed by atoms with Crippen molar-refractivity contribution in [3.63, 3.8) is 0 Å². The molecule has 2 heterocycles. The van der Waals surface area contributed by atoms with Crippen molar-refractivity contribution in [1.82, 2.24) is 9.88 Å². The summed E-state index contributed by atoms with van der Waals surface area (Å²) in [6, 6.07) is 23.9. The van der Waals surface area contributed by atoms with Gasteiger partial charge in [-0.05, 0) is 23.6 Å². The van der Waals surface area contributed by atoms with Gasteiger partial charge in [-0.1, -0.05) is 60.7 Å². The zero-order valence-corrected chi connectivity index (χ0v) is 16.9. The van der Waals surface area contributed by atoms with Crippen LogP contribution in [0.25, 0.3) is 0 Å². The van der Waals surface area contributed by atoms with E-state index < -0.39 is 0 Å². The van der Waals surface area contributed by atoms with Gasteiger partial charge < -0.3 is 14.4 Å². The number of carbonyl (C=O) groups excluding carboxylic acids is 1. The van der Waals surface area contributed by atoms with Crippen molar-refractivity contribution in [2.45, 2.75) is 25.5 Å². The third kappa shape index (κ3) is 5.45. The van der Waals surface area contributed by atoms with Crippen molar-refractivity contribution in [1.29, 1.82) is 0 Å². The summed E-state index contributed by atoms with van der Waals surface area (Å²) in [5.74, 6) is 0.499. The van der Waals surface area contributed by atoms with Crippen molar-refractivity contribution in [2.24, 2.45) is 0 Å². The van der Waals surface area contributed by atoms with E-state index in [1.54, 1.807) is 18.3 Å². The van der Waals surface area contributed by atoms with Crippen LogP contribution in [0.2, 0.25) is 0 Å². The molecule has 5 heteroatoms. The number of nitrogens with zero attached hydrogens (tertiary/aromatic N) is 2. The summed E-state index contributed by atoms with van der Waals surface area (Å²) >= 11 is 0. The van der Waals surface area contributed by atoms with Gasteiger partial charge in [-0.25, -0.2) is 4.98 Å². The predicted molar refractivity (Wildman–Crippen MR) is 115 cm³/mol. The molecule has 0 bridgehead atoms. The first-order valence-corrected chi connectivity index (χ1v) is 10.4. The average molecular weight is 402 g/mol. The quantitative estimate of drug-likeness (QED) is 0.568. The molecule has 2 aromatic carbocycles. The van der Waals surface area contributed by atoms with E-state index in [-0.39, 0.29) is 12.0 Å². The fraction of sp³-hybridized carbons (Fsp3) is 0.280. The highest BCUT2D eigenvalue weighted by Gasteiger charge is 2.19. The normalized spacial score (nSPS) is 15.7. The molecular formula is C25H26N2O3. The van der Waals surface area contributed by atoms with Crippen molar-refractivity contribution < 1.29 is 14.3 Å². The summed E-state index contributed by atoms with van der Waals surface area (Å²) < 4.78 is 11.1. The summed E-state index contributed by atoms with van der Waals surface area (Å²) in [6.45, 7) is 2.50. The van der Waals surface area contributed by atoms with E-state index in [4.69, 9.17) is 9.47 Å². The number of rotatable bonds is 8. The van der Waals surface area contributed by atoms with Gasteiger partial charge in [0.1, 0.15) is 6.10 Å². The van der Waals surface area contributed by atoms with Crippen LogP contribution in [0.1, 0.15) is 27.9 Å². The maximum absolute atomic E-state index is 13.3. The molecule has 1 saturated heterocycles. The van der Waals surface area contributed by atoms with Crippen molar-refractivity contribution >= 4 is 5.91 Å². The minimum absolute atomic E-state index is 0.0296. The fourth-order valence-electron chi connectivity index (χ4n) is 3.50. The highest BCUT2D eigenvalue weighted by atomic mass is 16.5. The topological polar surface area (TPSA) is 51.7 Å². The lowest BCUT2D eigenvalue weighted by Gasteiger charge is -2.23. The van der Waals surface area contributed by atoms with Gasteiger partial charge in [0, 0.05) is 31.8 Å². The molecule has 0 aliphatic carbocycles. The van der Waals surface area contributed by atoms with Gasteiger partial charge in [0.2, 0.25) is 5.88 Å². The Kier molecular flexibility index (Phi) is 6.72. The number of pyridine rings is 1. The molecule has 1 aromatic heterocycles. The molecule has 0 saturated carbocycles. The second-order valence-electron chi connectivity index (χ2n) is 7.44. The Morgan fingerprint density at radius 2 is 1.73 bits per heavy atom. The third-order valence-corrected chi connectivity index (χ3v) is 5.18. The van der Waals surface area contributed by atoms with Crippen LogP contribution < -0.4 is 4.74 Å². The second-order valence-corrected chi connectivity index (χ2v) is 7.44. The van der Waals surface area contributed by atoms with Crippen LogP contribution in [0.3, 0.4) is 0 Å². The first-order valence-electron chi connectivity index (χ1n) is 10.4. The maximum atomic E-state index is 13.3. The lowest BCUT2D eigenvalue weighted by molar-refractivity contribution is 0.0744. The van der Waals surface area contributed by atoms with Crippen molar-refractivity contribution in [3.8, 4) is 5.88 Å². The predicted octanol–water partition coefficient (Wildman–Crippen LogP) is 4.13. The highest BCUT2D eigenvalue weighted by molar-refractivity contribution is 5.94. The Balaban J connectivity index is 1.46. The summed E-state index contributed by atoms with van der Waals surface area (Å²) in [7, 11) is 0. The molecule has 0 N–H and O–H groups in total. The van der Waals surface area contributed by atoms with Gasteiger partial charge in [0.15, 0.2) is 0 Å². The van der Waals surface area contributed by atoms with Gasteiger partial charge >= 0.3 is 0 Å². The first-order chi connectivity index (χ1) is 14.8. The minimum atomic E-state index is -0.0296. The molecule has 154 valence electrons. The summed E-state index contributed by atoms with van der Waals surface area (Å²) in [5.41, 5.74) is 2.88. The lowest BCUT2D eigenvalue weighted by atomic mass is 10.1. The van der Waals surface area contributed by atoms with Gasteiger partial charge in [0.05, 0.1) is 18.8 Å². The molecule has 1 amide bonds. The highest BCUT2D eigenvalue weighted by Crippen LogP contribution is 2.17. The molecule has 1 aliphatic heterocycles. The molecule has 30 heavy (non-hydrogen) atoms. The maximum Gasteiger partial charge on any atom is 0.255 e. The number of hydrogen-bond donors (Lipinski definition) is 0. The summed E-state index contributed by atoms with van der Waals surface area (Å²) in [6.07, 6.45) is 3.32.